The number of nitrogens with zero attached hydrogens (tertiary/aromatic N) is 3. The highest BCUT2D eigenvalue weighted by molar-refractivity contribution is 6.35. The van der Waals surface area contributed by atoms with Gasteiger partial charge in [-0.15, -0.1) is 0 Å². The molecule has 0 N–H and O–H groups in total. The average molecular weight is 314 g/mol. The van der Waals surface area contributed by atoms with Crippen LogP contribution in [0.2, 0.25) is 5.02 Å². The fraction of sp³-hybridized carbons (Fsp3) is 0.235. The Morgan fingerprint density at radius 3 is 2.73 bits per heavy atom. The first-order valence-electron chi connectivity index (χ1n) is 7.16. The lowest BCUT2D eigenvalue weighted by Gasteiger charge is -2.15. The molecule has 0 spiro atoms. The molecule has 0 saturated carbocycles. The Bertz CT molecular complexity index is 931. The summed E-state index contributed by atoms with van der Waals surface area (Å²) in [5.74, 6) is 0.704. The highest BCUT2D eigenvalue weighted by Gasteiger charge is 2.15. The Balaban J connectivity index is 2.48. The maximum absolute atomic E-state index is 13.0. The molecule has 0 unspecified atom stereocenters. The van der Waals surface area contributed by atoms with E-state index < -0.39 is 0 Å². The van der Waals surface area contributed by atoms with Crippen LogP contribution in [0.25, 0.3) is 16.6 Å². The van der Waals surface area contributed by atoms with Gasteiger partial charge in [-0.2, -0.15) is 0 Å². The SMILES string of the molecule is CCc1nc2cccc(Cl)c2c(=O)n1-c1cncc(C)c1C. The lowest BCUT2D eigenvalue weighted by Crippen LogP contribution is -2.25. The number of rotatable bonds is 2. The Labute approximate surface area is 133 Å². The molecule has 0 saturated heterocycles. The third-order valence-electron chi connectivity index (χ3n) is 3.91. The Morgan fingerprint density at radius 1 is 1.23 bits per heavy atom. The molecule has 0 radical (unpaired) electrons. The third-order valence-corrected chi connectivity index (χ3v) is 4.23. The Morgan fingerprint density at radius 2 is 2.00 bits per heavy atom. The van der Waals surface area contributed by atoms with E-state index >= 15 is 0 Å². The minimum atomic E-state index is -0.150. The molecule has 4 nitrogen and oxygen atoms in total. The van der Waals surface area contributed by atoms with Crippen LogP contribution in [0.4, 0.5) is 0 Å². The summed E-state index contributed by atoms with van der Waals surface area (Å²) in [4.78, 5) is 21.8. The van der Waals surface area contributed by atoms with Crippen molar-refractivity contribution in [1.82, 2.24) is 14.5 Å². The van der Waals surface area contributed by atoms with Crippen molar-refractivity contribution in [3.05, 3.63) is 62.9 Å². The quantitative estimate of drug-likeness (QED) is 0.726. The van der Waals surface area contributed by atoms with E-state index in [9.17, 15) is 4.79 Å². The molecular formula is C17H16ClN3O. The summed E-state index contributed by atoms with van der Waals surface area (Å²) in [6.45, 7) is 5.94. The maximum atomic E-state index is 13.0. The first-order chi connectivity index (χ1) is 10.5. The van der Waals surface area contributed by atoms with E-state index in [0.717, 1.165) is 16.8 Å². The van der Waals surface area contributed by atoms with Crippen LogP contribution >= 0.6 is 11.6 Å². The summed E-state index contributed by atoms with van der Waals surface area (Å²) < 4.78 is 1.63. The smallest absolute Gasteiger partial charge is 0.267 e. The fourth-order valence-corrected chi connectivity index (χ4v) is 2.81. The molecule has 5 heteroatoms. The summed E-state index contributed by atoms with van der Waals surface area (Å²) in [5.41, 5.74) is 3.29. The van der Waals surface area contributed by atoms with Crippen LogP contribution in [-0.2, 0) is 6.42 Å². The molecule has 2 aromatic heterocycles. The van der Waals surface area contributed by atoms with E-state index in [1.54, 1.807) is 29.1 Å². The van der Waals surface area contributed by atoms with Gasteiger partial charge in [0.1, 0.15) is 5.82 Å². The van der Waals surface area contributed by atoms with E-state index in [1.807, 2.05) is 26.8 Å². The van der Waals surface area contributed by atoms with Gasteiger partial charge in [-0.1, -0.05) is 24.6 Å². The second-order valence-electron chi connectivity index (χ2n) is 5.26. The summed E-state index contributed by atoms with van der Waals surface area (Å²) in [6, 6.07) is 5.33. The molecule has 0 aliphatic carbocycles. The largest absolute Gasteiger partial charge is 0.268 e. The van der Waals surface area contributed by atoms with Crippen LogP contribution in [-0.4, -0.2) is 14.5 Å². The number of aromatic nitrogens is 3. The molecule has 0 amide bonds. The van der Waals surface area contributed by atoms with Crippen molar-refractivity contribution in [1.29, 1.82) is 0 Å². The molecule has 3 rings (SSSR count). The molecule has 1 aromatic carbocycles. The summed E-state index contributed by atoms with van der Waals surface area (Å²) >= 11 is 6.22. The highest BCUT2D eigenvalue weighted by atomic mass is 35.5. The number of hydrogen-bond donors (Lipinski definition) is 0. The van der Waals surface area contributed by atoms with E-state index in [1.165, 1.54) is 0 Å². The van der Waals surface area contributed by atoms with Crippen LogP contribution < -0.4 is 5.56 Å². The molecule has 2 heterocycles. The van der Waals surface area contributed by atoms with Gasteiger partial charge < -0.3 is 0 Å². The van der Waals surface area contributed by atoms with Crippen LogP contribution in [0.1, 0.15) is 23.9 Å². The monoisotopic (exact) mass is 313 g/mol. The average Bonchev–Trinajstić information content (AvgIpc) is 2.50. The number of hydrogen-bond acceptors (Lipinski definition) is 3. The van der Waals surface area contributed by atoms with E-state index in [2.05, 4.69) is 9.97 Å². The van der Waals surface area contributed by atoms with Crippen LogP contribution in [0.5, 0.6) is 0 Å². The van der Waals surface area contributed by atoms with Gasteiger partial charge in [0.05, 0.1) is 27.8 Å². The van der Waals surface area contributed by atoms with Gasteiger partial charge in [-0.25, -0.2) is 4.98 Å². The normalized spacial score (nSPS) is 11.1. The van der Waals surface area contributed by atoms with E-state index in [0.29, 0.717) is 28.2 Å². The zero-order chi connectivity index (χ0) is 15.9. The van der Waals surface area contributed by atoms with Crippen molar-refractivity contribution in [3.63, 3.8) is 0 Å². The molecule has 0 aliphatic heterocycles. The van der Waals surface area contributed by atoms with Crippen molar-refractivity contribution in [2.45, 2.75) is 27.2 Å². The van der Waals surface area contributed by atoms with Crippen molar-refractivity contribution in [3.8, 4) is 5.69 Å². The van der Waals surface area contributed by atoms with Gasteiger partial charge in [0.15, 0.2) is 0 Å². The van der Waals surface area contributed by atoms with Gasteiger partial charge >= 0.3 is 0 Å². The van der Waals surface area contributed by atoms with Crippen molar-refractivity contribution < 1.29 is 0 Å². The zero-order valence-electron chi connectivity index (χ0n) is 12.7. The lowest BCUT2D eigenvalue weighted by atomic mass is 10.1. The van der Waals surface area contributed by atoms with Gasteiger partial charge in [-0.05, 0) is 37.1 Å². The van der Waals surface area contributed by atoms with Crippen LogP contribution in [0.3, 0.4) is 0 Å². The standard InChI is InChI=1S/C17H16ClN3O/c1-4-15-20-13-7-5-6-12(18)16(13)17(22)21(15)14-9-19-8-10(2)11(14)3/h5-9H,4H2,1-3H3. The summed E-state index contributed by atoms with van der Waals surface area (Å²) in [6.07, 6.45) is 4.13. The van der Waals surface area contributed by atoms with Crippen molar-refractivity contribution in [2.75, 3.05) is 0 Å². The molecule has 3 aromatic rings. The topological polar surface area (TPSA) is 47.8 Å². The van der Waals surface area contributed by atoms with Gasteiger partial charge in [0.25, 0.3) is 5.56 Å². The van der Waals surface area contributed by atoms with E-state index in [4.69, 9.17) is 11.6 Å². The summed E-state index contributed by atoms with van der Waals surface area (Å²) in [5, 5.41) is 0.868. The molecule has 0 aliphatic rings. The van der Waals surface area contributed by atoms with Crippen molar-refractivity contribution >= 4 is 22.5 Å². The van der Waals surface area contributed by atoms with Crippen LogP contribution in [0.15, 0.2) is 35.4 Å². The Kier molecular flexibility index (Phi) is 3.71. The van der Waals surface area contributed by atoms with Gasteiger partial charge in [0, 0.05) is 12.6 Å². The van der Waals surface area contributed by atoms with Crippen molar-refractivity contribution in [2.24, 2.45) is 0 Å². The molecular weight excluding hydrogens is 298 g/mol. The van der Waals surface area contributed by atoms with Gasteiger partial charge in [-0.3, -0.25) is 14.3 Å². The number of halogens is 1. The summed E-state index contributed by atoms with van der Waals surface area (Å²) in [7, 11) is 0. The first-order valence-corrected chi connectivity index (χ1v) is 7.54. The van der Waals surface area contributed by atoms with Gasteiger partial charge in [0.2, 0.25) is 0 Å². The molecule has 0 fully saturated rings. The molecule has 0 atom stereocenters. The molecule has 112 valence electrons. The maximum Gasteiger partial charge on any atom is 0.267 e. The Hall–Kier alpha value is -2.20. The number of benzene rings is 1. The lowest BCUT2D eigenvalue weighted by molar-refractivity contribution is 0.823. The van der Waals surface area contributed by atoms with E-state index in [-0.39, 0.29) is 5.56 Å². The molecule has 0 bridgehead atoms. The third kappa shape index (κ3) is 2.20. The highest BCUT2D eigenvalue weighted by Crippen LogP contribution is 2.22. The predicted molar refractivity (Wildman–Crippen MR) is 89.0 cm³/mol. The molecule has 22 heavy (non-hydrogen) atoms. The predicted octanol–water partition coefficient (Wildman–Crippen LogP) is 3.61. The van der Waals surface area contributed by atoms with Crippen LogP contribution in [0, 0.1) is 13.8 Å². The fourth-order valence-electron chi connectivity index (χ4n) is 2.56. The zero-order valence-corrected chi connectivity index (χ0v) is 13.5. The second-order valence-corrected chi connectivity index (χ2v) is 5.66. The minimum Gasteiger partial charge on any atom is -0.268 e. The second kappa shape index (κ2) is 5.54. The number of aryl methyl sites for hydroxylation is 2. The number of pyridine rings is 1. The first kappa shape index (κ1) is 14.7. The minimum absolute atomic E-state index is 0.150. The number of fused-ring (bicyclic) bond motifs is 1.